The molecule has 0 N–H and O–H groups in total. The summed E-state index contributed by atoms with van der Waals surface area (Å²) in [7, 11) is 0. The van der Waals surface area contributed by atoms with Crippen LogP contribution >= 0.6 is 11.8 Å². The molecule has 3 aromatic carbocycles. The van der Waals surface area contributed by atoms with E-state index in [2.05, 4.69) is 0 Å². The van der Waals surface area contributed by atoms with Crippen molar-refractivity contribution in [3.63, 3.8) is 0 Å². The van der Waals surface area contributed by atoms with Crippen LogP contribution < -0.4 is 0 Å². The maximum atomic E-state index is 14.2. The van der Waals surface area contributed by atoms with E-state index >= 15 is 0 Å². The molecule has 0 saturated heterocycles. The van der Waals surface area contributed by atoms with Gasteiger partial charge in [0, 0.05) is 20.9 Å². The Morgan fingerprint density at radius 1 is 0.821 bits per heavy atom. The molecule has 3 rings (SSSR count). The minimum atomic E-state index is -4.25. The number of alkyl halides is 2. The highest BCUT2D eigenvalue weighted by Crippen LogP contribution is 2.31. The van der Waals surface area contributed by atoms with E-state index in [4.69, 9.17) is 4.74 Å². The zero-order valence-electron chi connectivity index (χ0n) is 14.7. The second-order valence-electron chi connectivity index (χ2n) is 5.87. The topological polar surface area (TPSA) is 43.4 Å². The SMILES string of the molecule is O=C(OCc1ccccc1Sc1ccccc1)C(F)(F)C(=O)c1ccccc1. The predicted octanol–water partition coefficient (Wildman–Crippen LogP) is 5.40. The normalized spacial score (nSPS) is 11.1. The number of ether oxygens (including phenoxy) is 1. The molecule has 0 radical (unpaired) electrons. The molecule has 142 valence electrons. The molecule has 0 saturated carbocycles. The van der Waals surface area contributed by atoms with E-state index in [1.54, 1.807) is 18.2 Å². The van der Waals surface area contributed by atoms with E-state index < -0.39 is 17.7 Å². The molecule has 6 heteroatoms. The van der Waals surface area contributed by atoms with E-state index in [0.29, 0.717) is 5.56 Å². The first-order chi connectivity index (χ1) is 13.5. The fraction of sp³-hybridized carbons (Fsp3) is 0.0909. The van der Waals surface area contributed by atoms with E-state index in [1.807, 2.05) is 42.5 Å². The zero-order chi connectivity index (χ0) is 20.0. The molecular formula is C22H16F2O3S. The van der Waals surface area contributed by atoms with Gasteiger partial charge in [-0.05, 0) is 18.2 Å². The van der Waals surface area contributed by atoms with E-state index in [0.717, 1.165) is 9.79 Å². The Hall–Kier alpha value is -2.99. The number of carbonyl (C=O) groups excluding carboxylic acids is 2. The summed E-state index contributed by atoms with van der Waals surface area (Å²) in [5.74, 6) is -7.69. The highest BCUT2D eigenvalue weighted by Gasteiger charge is 2.49. The first kappa shape index (κ1) is 19.8. The van der Waals surface area contributed by atoms with Crippen LogP contribution in [0.1, 0.15) is 15.9 Å². The van der Waals surface area contributed by atoms with E-state index in [-0.39, 0.29) is 12.2 Å². The minimum absolute atomic E-state index is 0.246. The molecule has 0 aromatic heterocycles. The molecule has 0 bridgehead atoms. The van der Waals surface area contributed by atoms with Crippen molar-refractivity contribution in [3.05, 3.63) is 96.1 Å². The van der Waals surface area contributed by atoms with Gasteiger partial charge in [-0.1, -0.05) is 78.5 Å². The van der Waals surface area contributed by atoms with Gasteiger partial charge in [0.15, 0.2) is 0 Å². The molecule has 0 atom stereocenters. The van der Waals surface area contributed by atoms with Crippen molar-refractivity contribution in [1.29, 1.82) is 0 Å². The van der Waals surface area contributed by atoms with Crippen molar-refractivity contribution in [1.82, 2.24) is 0 Å². The van der Waals surface area contributed by atoms with Crippen LogP contribution in [0.4, 0.5) is 8.78 Å². The summed E-state index contributed by atoms with van der Waals surface area (Å²) in [6, 6.07) is 23.5. The van der Waals surface area contributed by atoms with E-state index in [1.165, 1.54) is 36.0 Å². The highest BCUT2D eigenvalue weighted by atomic mass is 32.2. The van der Waals surface area contributed by atoms with Crippen LogP contribution in [0.5, 0.6) is 0 Å². The van der Waals surface area contributed by atoms with Gasteiger partial charge in [-0.2, -0.15) is 8.78 Å². The number of hydrogen-bond acceptors (Lipinski definition) is 4. The molecule has 0 heterocycles. The largest absolute Gasteiger partial charge is 0.456 e. The van der Waals surface area contributed by atoms with Crippen molar-refractivity contribution in [2.24, 2.45) is 0 Å². The van der Waals surface area contributed by atoms with Crippen molar-refractivity contribution < 1.29 is 23.1 Å². The number of Topliss-reactive ketones (excluding diaryl/α,β-unsaturated/α-hetero) is 1. The van der Waals surface area contributed by atoms with Crippen molar-refractivity contribution >= 4 is 23.5 Å². The monoisotopic (exact) mass is 398 g/mol. The number of hydrogen-bond donors (Lipinski definition) is 0. The lowest BCUT2D eigenvalue weighted by Gasteiger charge is -2.15. The summed E-state index contributed by atoms with van der Waals surface area (Å²) in [6.45, 7) is -0.355. The summed E-state index contributed by atoms with van der Waals surface area (Å²) in [5.41, 5.74) is 0.331. The fourth-order valence-corrected chi connectivity index (χ4v) is 3.39. The smallest absolute Gasteiger partial charge is 0.404 e. The Bertz CT molecular complexity index is 960. The number of halogens is 2. The van der Waals surface area contributed by atoms with Crippen LogP contribution in [-0.4, -0.2) is 17.7 Å². The summed E-state index contributed by atoms with van der Waals surface area (Å²) in [5, 5.41) is 0. The van der Waals surface area contributed by atoms with Gasteiger partial charge in [0.05, 0.1) is 0 Å². The van der Waals surface area contributed by atoms with Crippen LogP contribution in [0.15, 0.2) is 94.7 Å². The van der Waals surface area contributed by atoms with Gasteiger partial charge >= 0.3 is 11.9 Å². The second-order valence-corrected chi connectivity index (χ2v) is 6.98. The standard InChI is InChI=1S/C22H16F2O3S/c23-22(24,20(25)16-9-3-1-4-10-16)21(26)27-15-17-11-7-8-14-19(17)28-18-12-5-2-6-13-18/h1-14H,15H2. The first-order valence-corrected chi connectivity index (χ1v) is 9.26. The van der Waals surface area contributed by atoms with E-state index in [9.17, 15) is 18.4 Å². The first-order valence-electron chi connectivity index (χ1n) is 8.44. The third kappa shape index (κ3) is 4.64. The van der Waals surface area contributed by atoms with Crippen molar-refractivity contribution in [2.45, 2.75) is 22.3 Å². The molecule has 0 amide bonds. The summed E-state index contributed by atoms with van der Waals surface area (Å²) in [4.78, 5) is 25.6. The number of carbonyl (C=O) groups is 2. The molecule has 0 fully saturated rings. The van der Waals surface area contributed by atoms with Gasteiger partial charge in [0.25, 0.3) is 0 Å². The summed E-state index contributed by atoms with van der Waals surface area (Å²) < 4.78 is 33.2. The molecule has 3 nitrogen and oxygen atoms in total. The summed E-state index contributed by atoms with van der Waals surface area (Å²) >= 11 is 1.43. The number of benzene rings is 3. The second kappa shape index (κ2) is 8.80. The fourth-order valence-electron chi connectivity index (χ4n) is 2.44. The lowest BCUT2D eigenvalue weighted by molar-refractivity contribution is -0.166. The molecule has 0 aliphatic carbocycles. The van der Waals surface area contributed by atoms with Crippen LogP contribution in [-0.2, 0) is 16.1 Å². The zero-order valence-corrected chi connectivity index (χ0v) is 15.5. The quantitative estimate of drug-likeness (QED) is 0.304. The Balaban J connectivity index is 1.70. The lowest BCUT2D eigenvalue weighted by Crippen LogP contribution is -2.39. The molecule has 28 heavy (non-hydrogen) atoms. The molecule has 0 unspecified atom stereocenters. The van der Waals surface area contributed by atoms with Crippen molar-refractivity contribution in [3.8, 4) is 0 Å². The van der Waals surface area contributed by atoms with Gasteiger partial charge in [-0.25, -0.2) is 4.79 Å². The third-order valence-corrected chi connectivity index (χ3v) is 5.01. The average Bonchev–Trinajstić information content (AvgIpc) is 2.73. The average molecular weight is 398 g/mol. The third-order valence-electron chi connectivity index (χ3n) is 3.88. The lowest BCUT2D eigenvalue weighted by atomic mass is 10.1. The Labute approximate surface area is 165 Å². The number of esters is 1. The molecule has 0 aliphatic heterocycles. The highest BCUT2D eigenvalue weighted by molar-refractivity contribution is 7.99. The minimum Gasteiger partial charge on any atom is -0.456 e. The molecule has 0 aliphatic rings. The maximum Gasteiger partial charge on any atom is 0.404 e. The number of rotatable bonds is 7. The van der Waals surface area contributed by atoms with Crippen molar-refractivity contribution in [2.75, 3.05) is 0 Å². The predicted molar refractivity (Wildman–Crippen MR) is 103 cm³/mol. The van der Waals surface area contributed by atoms with Gasteiger partial charge < -0.3 is 4.74 Å². The van der Waals surface area contributed by atoms with Crippen LogP contribution in [0, 0.1) is 0 Å². The number of ketones is 1. The van der Waals surface area contributed by atoms with Gasteiger partial charge in [0.1, 0.15) is 6.61 Å². The van der Waals surface area contributed by atoms with Gasteiger partial charge in [0.2, 0.25) is 5.78 Å². The van der Waals surface area contributed by atoms with Gasteiger partial charge in [-0.15, -0.1) is 0 Å². The Kier molecular flexibility index (Phi) is 6.21. The van der Waals surface area contributed by atoms with Gasteiger partial charge in [-0.3, -0.25) is 4.79 Å². The van der Waals surface area contributed by atoms with Crippen LogP contribution in [0.25, 0.3) is 0 Å². The maximum absolute atomic E-state index is 14.2. The molecule has 3 aromatic rings. The molecule has 0 spiro atoms. The summed E-state index contributed by atoms with van der Waals surface area (Å²) in [6.07, 6.45) is 0. The molecular weight excluding hydrogens is 382 g/mol. The Morgan fingerprint density at radius 2 is 1.39 bits per heavy atom. The van der Waals surface area contributed by atoms with Crippen LogP contribution in [0.2, 0.25) is 0 Å². The Morgan fingerprint density at radius 3 is 2.07 bits per heavy atom. The van der Waals surface area contributed by atoms with Crippen LogP contribution in [0.3, 0.4) is 0 Å².